The number of nitrogens with one attached hydrogen (secondary N) is 1. The molecule has 14 heavy (non-hydrogen) atoms. The van der Waals surface area contributed by atoms with Crippen molar-refractivity contribution < 1.29 is 0 Å². The van der Waals surface area contributed by atoms with Crippen molar-refractivity contribution in [3.05, 3.63) is 18.0 Å². The van der Waals surface area contributed by atoms with Crippen molar-refractivity contribution in [1.82, 2.24) is 15.1 Å². The fourth-order valence-corrected chi connectivity index (χ4v) is 1.56. The molecule has 1 heterocycles. The molecule has 2 unspecified atom stereocenters. The first-order chi connectivity index (χ1) is 6.65. The van der Waals surface area contributed by atoms with Crippen molar-refractivity contribution in [2.45, 2.75) is 32.7 Å². The van der Waals surface area contributed by atoms with Gasteiger partial charge in [-0.3, -0.25) is 4.68 Å². The third kappa shape index (κ3) is 2.84. The van der Waals surface area contributed by atoms with Crippen LogP contribution in [0, 0.1) is 5.92 Å². The first-order valence-electron chi connectivity index (χ1n) is 5.29. The smallest absolute Gasteiger partial charge is 0.0492 e. The molecule has 0 aliphatic heterocycles. The summed E-state index contributed by atoms with van der Waals surface area (Å²) in [5.41, 5.74) is 1.32. The van der Waals surface area contributed by atoms with Gasteiger partial charge < -0.3 is 5.32 Å². The lowest BCUT2D eigenvalue weighted by atomic mass is 9.97. The number of nitrogens with zero attached hydrogens (tertiary/aromatic N) is 2. The van der Waals surface area contributed by atoms with Gasteiger partial charge in [0.25, 0.3) is 0 Å². The van der Waals surface area contributed by atoms with Gasteiger partial charge in [0.15, 0.2) is 0 Å². The molecule has 0 aromatic carbocycles. The average Bonchev–Trinajstić information content (AvgIpc) is 2.59. The van der Waals surface area contributed by atoms with Gasteiger partial charge in [-0.15, -0.1) is 0 Å². The predicted octanol–water partition coefficient (Wildman–Crippen LogP) is 1.60. The largest absolute Gasteiger partial charge is 0.317 e. The zero-order valence-electron chi connectivity index (χ0n) is 9.62. The Labute approximate surface area is 86.5 Å². The maximum Gasteiger partial charge on any atom is 0.0492 e. The Morgan fingerprint density at radius 3 is 2.71 bits per heavy atom. The number of hydrogen-bond acceptors (Lipinski definition) is 2. The molecule has 0 aliphatic rings. The zero-order valence-corrected chi connectivity index (χ0v) is 9.62. The highest BCUT2D eigenvalue weighted by Gasteiger charge is 2.10. The van der Waals surface area contributed by atoms with Crippen LogP contribution >= 0.6 is 0 Å². The number of hydrogen-bond donors (Lipinski definition) is 1. The van der Waals surface area contributed by atoms with Gasteiger partial charge in [-0.05, 0) is 38.8 Å². The monoisotopic (exact) mass is 195 g/mol. The highest BCUT2D eigenvalue weighted by molar-refractivity contribution is 5.00. The molecule has 80 valence electrons. The third-order valence-corrected chi connectivity index (χ3v) is 3.09. The Kier molecular flexibility index (Phi) is 4.14. The van der Waals surface area contributed by atoms with Gasteiger partial charge in [0.2, 0.25) is 0 Å². The van der Waals surface area contributed by atoms with E-state index >= 15 is 0 Å². The molecule has 2 atom stereocenters. The SMILES string of the molecule is CNC(C)C(C)CCc1ccnn1C. The van der Waals surface area contributed by atoms with Crippen molar-refractivity contribution in [3.8, 4) is 0 Å². The second-order valence-electron chi connectivity index (χ2n) is 4.04. The molecule has 3 nitrogen and oxygen atoms in total. The van der Waals surface area contributed by atoms with E-state index in [1.807, 2.05) is 25.0 Å². The quantitative estimate of drug-likeness (QED) is 0.773. The van der Waals surface area contributed by atoms with Crippen molar-refractivity contribution in [2.24, 2.45) is 13.0 Å². The molecule has 1 N–H and O–H groups in total. The highest BCUT2D eigenvalue weighted by Crippen LogP contribution is 2.11. The van der Waals surface area contributed by atoms with Crippen LogP contribution < -0.4 is 5.32 Å². The van der Waals surface area contributed by atoms with E-state index in [1.165, 1.54) is 12.1 Å². The van der Waals surface area contributed by atoms with E-state index in [0.29, 0.717) is 12.0 Å². The summed E-state index contributed by atoms with van der Waals surface area (Å²) >= 11 is 0. The Morgan fingerprint density at radius 1 is 1.50 bits per heavy atom. The number of aromatic nitrogens is 2. The molecular weight excluding hydrogens is 174 g/mol. The molecule has 3 heteroatoms. The van der Waals surface area contributed by atoms with Gasteiger partial charge in [-0.1, -0.05) is 6.92 Å². The summed E-state index contributed by atoms with van der Waals surface area (Å²) in [7, 11) is 4.02. The fraction of sp³-hybridized carbons (Fsp3) is 0.727. The molecule has 1 aromatic heterocycles. The Hall–Kier alpha value is -0.830. The molecule has 0 fully saturated rings. The topological polar surface area (TPSA) is 29.9 Å². The minimum Gasteiger partial charge on any atom is -0.317 e. The maximum atomic E-state index is 4.16. The van der Waals surface area contributed by atoms with E-state index in [1.54, 1.807) is 0 Å². The van der Waals surface area contributed by atoms with E-state index < -0.39 is 0 Å². The minimum atomic E-state index is 0.586. The molecular formula is C11H21N3. The van der Waals surface area contributed by atoms with Crippen LogP contribution in [0.2, 0.25) is 0 Å². The number of rotatable bonds is 5. The summed E-state index contributed by atoms with van der Waals surface area (Å²) in [5, 5.41) is 7.45. The van der Waals surface area contributed by atoms with Crippen molar-refractivity contribution in [2.75, 3.05) is 7.05 Å². The Bertz CT molecular complexity index is 267. The lowest BCUT2D eigenvalue weighted by molar-refractivity contribution is 0.397. The Balaban J connectivity index is 2.37. The standard InChI is InChI=1S/C11H21N3/c1-9(10(2)12-3)5-6-11-7-8-13-14(11)4/h7-10,12H,5-6H2,1-4H3. The van der Waals surface area contributed by atoms with Crippen LogP contribution in [0.15, 0.2) is 12.3 Å². The predicted molar refractivity (Wildman–Crippen MR) is 59.2 cm³/mol. The Morgan fingerprint density at radius 2 is 2.21 bits per heavy atom. The van der Waals surface area contributed by atoms with Gasteiger partial charge in [-0.2, -0.15) is 5.10 Å². The summed E-state index contributed by atoms with van der Waals surface area (Å²) in [4.78, 5) is 0. The summed E-state index contributed by atoms with van der Waals surface area (Å²) in [6, 6.07) is 2.68. The van der Waals surface area contributed by atoms with Gasteiger partial charge in [0.1, 0.15) is 0 Å². The molecule has 0 aliphatic carbocycles. The lowest BCUT2D eigenvalue weighted by Crippen LogP contribution is -2.29. The molecule has 0 amide bonds. The van der Waals surface area contributed by atoms with Crippen LogP contribution in [0.5, 0.6) is 0 Å². The van der Waals surface area contributed by atoms with Gasteiger partial charge in [0.05, 0.1) is 0 Å². The van der Waals surface area contributed by atoms with Crippen molar-refractivity contribution in [1.29, 1.82) is 0 Å². The highest BCUT2D eigenvalue weighted by atomic mass is 15.2. The van der Waals surface area contributed by atoms with E-state index in [0.717, 1.165) is 6.42 Å². The summed E-state index contributed by atoms with van der Waals surface area (Å²) in [6.07, 6.45) is 4.19. The molecule has 0 saturated carbocycles. The first-order valence-corrected chi connectivity index (χ1v) is 5.29. The van der Waals surface area contributed by atoms with Crippen molar-refractivity contribution >= 4 is 0 Å². The van der Waals surface area contributed by atoms with Gasteiger partial charge in [0, 0.05) is 25.0 Å². The van der Waals surface area contributed by atoms with Crippen LogP contribution in [0.3, 0.4) is 0 Å². The normalized spacial score (nSPS) is 15.4. The molecule has 0 spiro atoms. The minimum absolute atomic E-state index is 0.586. The van der Waals surface area contributed by atoms with Gasteiger partial charge >= 0.3 is 0 Å². The van der Waals surface area contributed by atoms with Crippen LogP contribution in [0.1, 0.15) is 26.0 Å². The second-order valence-corrected chi connectivity index (χ2v) is 4.04. The second kappa shape index (κ2) is 5.15. The molecule has 0 bridgehead atoms. The summed E-state index contributed by atoms with van der Waals surface area (Å²) in [6.45, 7) is 4.52. The van der Waals surface area contributed by atoms with E-state index in [9.17, 15) is 0 Å². The van der Waals surface area contributed by atoms with Crippen LogP contribution in [-0.4, -0.2) is 22.9 Å². The summed E-state index contributed by atoms with van der Waals surface area (Å²) < 4.78 is 1.96. The molecule has 1 rings (SSSR count). The van der Waals surface area contributed by atoms with Crippen LogP contribution in [0.4, 0.5) is 0 Å². The maximum absolute atomic E-state index is 4.16. The molecule has 0 radical (unpaired) electrons. The van der Waals surface area contributed by atoms with Gasteiger partial charge in [-0.25, -0.2) is 0 Å². The van der Waals surface area contributed by atoms with Crippen molar-refractivity contribution in [3.63, 3.8) is 0 Å². The third-order valence-electron chi connectivity index (χ3n) is 3.09. The number of aryl methyl sites for hydroxylation is 2. The summed E-state index contributed by atoms with van der Waals surface area (Å²) in [5.74, 6) is 0.704. The van der Waals surface area contributed by atoms with Crippen LogP contribution in [0.25, 0.3) is 0 Å². The lowest BCUT2D eigenvalue weighted by Gasteiger charge is -2.18. The molecule has 0 saturated heterocycles. The fourth-order valence-electron chi connectivity index (χ4n) is 1.56. The zero-order chi connectivity index (χ0) is 10.6. The first kappa shape index (κ1) is 11.2. The van der Waals surface area contributed by atoms with E-state index in [-0.39, 0.29) is 0 Å². The molecule has 1 aromatic rings. The van der Waals surface area contributed by atoms with E-state index in [4.69, 9.17) is 0 Å². The van der Waals surface area contributed by atoms with E-state index in [2.05, 4.69) is 30.3 Å². The average molecular weight is 195 g/mol. The van der Waals surface area contributed by atoms with Crippen LogP contribution in [-0.2, 0) is 13.5 Å².